The number of nitrogens with zero attached hydrogens (tertiary/aromatic N) is 6. The Morgan fingerprint density at radius 1 is 1.15 bits per heavy atom. The minimum atomic E-state index is -1.45. The van der Waals surface area contributed by atoms with E-state index in [1.165, 1.54) is 22.3 Å². The SMILES string of the molecule is Cc1nc2c(OCc3c(F)cccc3F)cccn2c1C(=O)CC(CO)(CO)c1nnn(C)n1. The predicted molar refractivity (Wildman–Crippen MR) is 114 cm³/mol. The molecule has 0 radical (unpaired) electrons. The number of aryl methyl sites for hydroxylation is 2. The van der Waals surface area contributed by atoms with Crippen LogP contribution in [0.3, 0.4) is 0 Å². The first-order valence-electron chi connectivity index (χ1n) is 10.3. The standard InChI is InChI=1S/C22H22F2N6O4/c1-13-19(17(33)9-22(11-31,12-32)21-26-28-29(2)27-21)30-8-4-7-18(20(30)25-13)34-10-14-15(23)5-3-6-16(14)24/h3-8,31-32H,9-12H2,1-2H3. The summed E-state index contributed by atoms with van der Waals surface area (Å²) in [5.74, 6) is -1.64. The fourth-order valence-corrected chi connectivity index (χ4v) is 3.69. The van der Waals surface area contributed by atoms with E-state index in [4.69, 9.17) is 4.74 Å². The number of Topliss-reactive ketones (excluding diaryl/α,β-unsaturated/α-hetero) is 1. The molecule has 0 unspecified atom stereocenters. The molecule has 12 heteroatoms. The quantitative estimate of drug-likeness (QED) is 0.351. The molecule has 0 atom stereocenters. The van der Waals surface area contributed by atoms with E-state index in [0.717, 1.165) is 12.1 Å². The molecule has 0 fully saturated rings. The average molecular weight is 472 g/mol. The fraction of sp³-hybridized carbons (Fsp3) is 0.318. The molecule has 3 aromatic heterocycles. The van der Waals surface area contributed by atoms with Gasteiger partial charge in [-0.3, -0.25) is 9.20 Å². The van der Waals surface area contributed by atoms with Crippen molar-refractivity contribution in [3.63, 3.8) is 0 Å². The van der Waals surface area contributed by atoms with E-state index < -0.39 is 36.0 Å². The van der Waals surface area contributed by atoms with Crippen molar-refractivity contribution in [1.82, 2.24) is 29.6 Å². The number of hydrogen-bond acceptors (Lipinski definition) is 8. The predicted octanol–water partition coefficient (Wildman–Crippen LogP) is 1.52. The molecule has 4 aromatic rings. The van der Waals surface area contributed by atoms with Gasteiger partial charge < -0.3 is 14.9 Å². The Morgan fingerprint density at radius 3 is 2.47 bits per heavy atom. The van der Waals surface area contributed by atoms with Crippen molar-refractivity contribution >= 4 is 11.4 Å². The van der Waals surface area contributed by atoms with Gasteiger partial charge in [0.2, 0.25) is 0 Å². The number of carbonyl (C=O) groups excluding carboxylic acids is 1. The molecule has 0 aliphatic heterocycles. The molecule has 0 aliphatic carbocycles. The van der Waals surface area contributed by atoms with Crippen LogP contribution in [-0.2, 0) is 19.1 Å². The zero-order valence-electron chi connectivity index (χ0n) is 18.4. The number of halogens is 2. The van der Waals surface area contributed by atoms with E-state index in [-0.39, 0.29) is 41.5 Å². The summed E-state index contributed by atoms with van der Waals surface area (Å²) in [7, 11) is 1.53. The van der Waals surface area contributed by atoms with Gasteiger partial charge in [0.25, 0.3) is 0 Å². The van der Waals surface area contributed by atoms with Crippen LogP contribution in [0.5, 0.6) is 5.75 Å². The van der Waals surface area contributed by atoms with E-state index in [1.54, 1.807) is 25.3 Å². The van der Waals surface area contributed by atoms with Crippen LogP contribution in [0.1, 0.15) is 34.0 Å². The maximum absolute atomic E-state index is 14.0. The second-order valence-electron chi connectivity index (χ2n) is 7.90. The Bertz CT molecular complexity index is 1330. The number of carbonyl (C=O) groups is 1. The first kappa shape index (κ1) is 23.4. The first-order chi connectivity index (χ1) is 16.3. The molecule has 2 N–H and O–H groups in total. The van der Waals surface area contributed by atoms with Crippen molar-refractivity contribution in [1.29, 1.82) is 0 Å². The molecule has 0 bridgehead atoms. The highest BCUT2D eigenvalue weighted by Gasteiger charge is 2.39. The Kier molecular flexibility index (Phi) is 6.35. The topological polar surface area (TPSA) is 128 Å². The molecule has 3 heterocycles. The number of imidazole rings is 1. The third kappa shape index (κ3) is 4.13. The largest absolute Gasteiger partial charge is 0.485 e. The van der Waals surface area contributed by atoms with Crippen molar-refractivity contribution in [2.24, 2.45) is 7.05 Å². The summed E-state index contributed by atoms with van der Waals surface area (Å²) in [5.41, 5.74) is -0.825. The van der Waals surface area contributed by atoms with Gasteiger partial charge in [-0.1, -0.05) is 6.07 Å². The van der Waals surface area contributed by atoms with E-state index in [2.05, 4.69) is 20.4 Å². The third-order valence-corrected chi connectivity index (χ3v) is 5.57. The lowest BCUT2D eigenvalue weighted by Crippen LogP contribution is -2.39. The molecular formula is C22H22F2N6O4. The lowest BCUT2D eigenvalue weighted by molar-refractivity contribution is 0.0757. The van der Waals surface area contributed by atoms with Gasteiger partial charge in [-0.25, -0.2) is 13.8 Å². The third-order valence-electron chi connectivity index (χ3n) is 5.57. The number of aliphatic hydroxyl groups excluding tert-OH is 2. The Balaban J connectivity index is 1.66. The van der Waals surface area contributed by atoms with Crippen molar-refractivity contribution in [3.05, 3.63) is 70.9 Å². The van der Waals surface area contributed by atoms with Crippen LogP contribution in [-0.4, -0.2) is 58.8 Å². The summed E-state index contributed by atoms with van der Waals surface area (Å²) in [6.07, 6.45) is 1.28. The number of aromatic nitrogens is 6. The lowest BCUT2D eigenvalue weighted by atomic mass is 9.82. The fourth-order valence-electron chi connectivity index (χ4n) is 3.69. The normalized spacial score (nSPS) is 11.8. The highest BCUT2D eigenvalue weighted by atomic mass is 19.1. The van der Waals surface area contributed by atoms with Gasteiger partial charge in [0, 0.05) is 12.6 Å². The molecule has 1 aromatic carbocycles. The first-order valence-corrected chi connectivity index (χ1v) is 10.3. The molecule has 0 saturated heterocycles. The number of fused-ring (bicyclic) bond motifs is 1. The minimum absolute atomic E-state index is 0.0377. The zero-order chi connectivity index (χ0) is 24.5. The van der Waals surface area contributed by atoms with Crippen LogP contribution in [0.25, 0.3) is 5.65 Å². The second kappa shape index (κ2) is 9.23. The van der Waals surface area contributed by atoms with Gasteiger partial charge in [-0.05, 0) is 36.4 Å². The van der Waals surface area contributed by atoms with Crippen LogP contribution in [0.4, 0.5) is 8.78 Å². The highest BCUT2D eigenvalue weighted by Crippen LogP contribution is 2.29. The minimum Gasteiger partial charge on any atom is -0.485 e. The van der Waals surface area contributed by atoms with E-state index >= 15 is 0 Å². The van der Waals surface area contributed by atoms with Crippen molar-refractivity contribution in [2.45, 2.75) is 25.4 Å². The molecule has 178 valence electrons. The highest BCUT2D eigenvalue weighted by molar-refractivity contribution is 5.97. The van der Waals surface area contributed by atoms with Crippen LogP contribution in [0, 0.1) is 18.6 Å². The van der Waals surface area contributed by atoms with E-state index in [1.807, 2.05) is 0 Å². The summed E-state index contributed by atoms with van der Waals surface area (Å²) in [6, 6.07) is 6.72. The number of rotatable bonds is 9. The summed E-state index contributed by atoms with van der Waals surface area (Å²) in [5, 5.41) is 31.6. The van der Waals surface area contributed by atoms with E-state index in [9.17, 15) is 23.8 Å². The maximum atomic E-state index is 14.0. The Hall–Kier alpha value is -3.77. The summed E-state index contributed by atoms with van der Waals surface area (Å²) in [6.45, 7) is 0.0864. The van der Waals surface area contributed by atoms with Gasteiger partial charge >= 0.3 is 0 Å². The number of benzene rings is 1. The van der Waals surface area contributed by atoms with Crippen LogP contribution >= 0.6 is 0 Å². The van der Waals surface area contributed by atoms with Gasteiger partial charge in [0.15, 0.2) is 23.0 Å². The number of aliphatic hydroxyl groups is 2. The molecule has 0 amide bonds. The second-order valence-corrected chi connectivity index (χ2v) is 7.90. The summed E-state index contributed by atoms with van der Waals surface area (Å²) in [4.78, 5) is 18.9. The number of ketones is 1. The monoisotopic (exact) mass is 472 g/mol. The van der Waals surface area contributed by atoms with Crippen molar-refractivity contribution < 1.29 is 28.5 Å². The van der Waals surface area contributed by atoms with Crippen LogP contribution in [0.2, 0.25) is 0 Å². The molecule has 0 spiro atoms. The van der Waals surface area contributed by atoms with Gasteiger partial charge in [0.1, 0.15) is 23.9 Å². The zero-order valence-corrected chi connectivity index (χ0v) is 18.4. The molecule has 0 aliphatic rings. The Labute approximate surface area is 192 Å². The molecule has 10 nitrogen and oxygen atoms in total. The molecule has 0 saturated carbocycles. The summed E-state index contributed by atoms with van der Waals surface area (Å²) < 4.78 is 35.1. The van der Waals surface area contributed by atoms with Crippen LogP contribution in [0.15, 0.2) is 36.5 Å². The van der Waals surface area contributed by atoms with Crippen LogP contribution < -0.4 is 4.74 Å². The average Bonchev–Trinajstić information content (AvgIpc) is 3.40. The van der Waals surface area contributed by atoms with Gasteiger partial charge in [-0.15, -0.1) is 10.2 Å². The molecule has 4 rings (SSSR count). The number of ether oxygens (including phenoxy) is 1. The van der Waals surface area contributed by atoms with Gasteiger partial charge in [-0.2, -0.15) is 4.80 Å². The lowest BCUT2D eigenvalue weighted by Gasteiger charge is -2.25. The van der Waals surface area contributed by atoms with E-state index in [0.29, 0.717) is 5.69 Å². The smallest absolute Gasteiger partial charge is 0.185 e. The molecule has 34 heavy (non-hydrogen) atoms. The Morgan fingerprint density at radius 2 is 1.85 bits per heavy atom. The number of tetrazole rings is 1. The number of pyridine rings is 1. The number of hydrogen-bond donors (Lipinski definition) is 2. The molecular weight excluding hydrogens is 450 g/mol. The maximum Gasteiger partial charge on any atom is 0.185 e. The summed E-state index contributed by atoms with van der Waals surface area (Å²) >= 11 is 0. The van der Waals surface area contributed by atoms with Crippen molar-refractivity contribution in [2.75, 3.05) is 13.2 Å². The van der Waals surface area contributed by atoms with Gasteiger partial charge in [0.05, 0.1) is 36.9 Å². The van der Waals surface area contributed by atoms with Crippen molar-refractivity contribution in [3.8, 4) is 5.75 Å².